The maximum absolute atomic E-state index is 12.7. The number of nitrogens with zero attached hydrogens (tertiary/aromatic N) is 1. The highest BCUT2D eigenvalue weighted by molar-refractivity contribution is 7.89. The Morgan fingerprint density at radius 2 is 1.79 bits per heavy atom. The summed E-state index contributed by atoms with van der Waals surface area (Å²) in [6.45, 7) is 3.62. The van der Waals surface area contributed by atoms with E-state index in [1.165, 1.54) is 37.7 Å². The van der Waals surface area contributed by atoms with Gasteiger partial charge in [-0.1, -0.05) is 12.1 Å². The minimum Gasteiger partial charge on any atom is -0.374 e. The Morgan fingerprint density at radius 1 is 1.07 bits per heavy atom. The Bertz CT molecular complexity index is 1000. The van der Waals surface area contributed by atoms with Crippen LogP contribution in [0.5, 0.6) is 0 Å². The van der Waals surface area contributed by atoms with Crippen molar-refractivity contribution < 1.29 is 13.2 Å². The first-order valence-corrected chi connectivity index (χ1v) is 10.8. The molecule has 2 N–H and O–H groups in total. The third kappa shape index (κ3) is 4.20. The maximum Gasteiger partial charge on any atom is 0.246 e. The van der Waals surface area contributed by atoms with Crippen LogP contribution in [0.15, 0.2) is 41.3 Å². The molecule has 0 bridgehead atoms. The Kier molecular flexibility index (Phi) is 5.76. The molecule has 0 aromatic heterocycles. The van der Waals surface area contributed by atoms with Gasteiger partial charge in [-0.2, -0.15) is 0 Å². The van der Waals surface area contributed by atoms with Crippen LogP contribution < -0.4 is 10.6 Å². The average molecular weight is 402 g/mol. The summed E-state index contributed by atoms with van der Waals surface area (Å²) in [6.07, 6.45) is 3.38. The first kappa shape index (κ1) is 20.4. The van der Waals surface area contributed by atoms with Crippen LogP contribution in [0.1, 0.15) is 30.0 Å². The summed E-state index contributed by atoms with van der Waals surface area (Å²) < 4.78 is 25.9. The molecule has 1 aliphatic carbocycles. The Hall–Kier alpha value is -2.38. The second-order valence-corrected chi connectivity index (χ2v) is 9.61. The smallest absolute Gasteiger partial charge is 0.246 e. The summed E-state index contributed by atoms with van der Waals surface area (Å²) in [5.74, 6) is -0.219. The molecule has 1 atom stereocenters. The molecule has 1 aliphatic rings. The fourth-order valence-corrected chi connectivity index (χ4v) is 4.25. The van der Waals surface area contributed by atoms with Crippen LogP contribution in [-0.4, -0.2) is 38.8 Å². The average Bonchev–Trinajstić information content (AvgIpc) is 3.10. The molecule has 7 heteroatoms. The van der Waals surface area contributed by atoms with Gasteiger partial charge < -0.3 is 10.6 Å². The van der Waals surface area contributed by atoms with E-state index in [-0.39, 0.29) is 10.8 Å². The first-order chi connectivity index (χ1) is 13.2. The van der Waals surface area contributed by atoms with E-state index in [9.17, 15) is 13.2 Å². The second kappa shape index (κ2) is 7.93. The van der Waals surface area contributed by atoms with Gasteiger partial charge in [0.1, 0.15) is 6.04 Å². The topological polar surface area (TPSA) is 78.5 Å². The van der Waals surface area contributed by atoms with Crippen LogP contribution in [0.4, 0.5) is 11.4 Å². The molecule has 0 saturated carbocycles. The molecule has 0 unspecified atom stereocenters. The monoisotopic (exact) mass is 401 g/mol. The van der Waals surface area contributed by atoms with Crippen LogP contribution in [0.25, 0.3) is 0 Å². The van der Waals surface area contributed by atoms with Gasteiger partial charge in [-0.3, -0.25) is 4.79 Å². The molecule has 0 saturated heterocycles. The number of sulfonamides is 1. The number of aryl methyl sites for hydroxylation is 3. The minimum absolute atomic E-state index is 0.151. The third-order valence-electron chi connectivity index (χ3n) is 5.12. The molecule has 1 amide bonds. The van der Waals surface area contributed by atoms with Gasteiger partial charge in [-0.15, -0.1) is 0 Å². The van der Waals surface area contributed by atoms with Crippen LogP contribution in [-0.2, 0) is 27.7 Å². The molecule has 0 aliphatic heterocycles. The van der Waals surface area contributed by atoms with Gasteiger partial charge in [-0.05, 0) is 74.1 Å². The molecule has 3 rings (SSSR count). The molecular weight excluding hydrogens is 374 g/mol. The summed E-state index contributed by atoms with van der Waals surface area (Å²) in [6, 6.07) is 10.5. The van der Waals surface area contributed by atoms with Crippen molar-refractivity contribution in [1.82, 2.24) is 4.31 Å². The van der Waals surface area contributed by atoms with Gasteiger partial charge >= 0.3 is 0 Å². The zero-order valence-electron chi connectivity index (χ0n) is 16.7. The van der Waals surface area contributed by atoms with Crippen molar-refractivity contribution in [2.24, 2.45) is 0 Å². The number of hydrogen-bond acceptors (Lipinski definition) is 4. The summed E-state index contributed by atoms with van der Waals surface area (Å²) in [5.41, 5.74) is 4.95. The number of hydrogen-bond donors (Lipinski definition) is 2. The van der Waals surface area contributed by atoms with Gasteiger partial charge in [0.15, 0.2) is 0 Å². The van der Waals surface area contributed by atoms with Crippen LogP contribution in [0, 0.1) is 6.92 Å². The Labute approximate surface area is 167 Å². The van der Waals surface area contributed by atoms with E-state index in [1.54, 1.807) is 19.1 Å². The molecule has 0 spiro atoms. The van der Waals surface area contributed by atoms with Crippen molar-refractivity contribution in [2.75, 3.05) is 24.7 Å². The molecule has 2 aromatic carbocycles. The SMILES string of the molecule is Cc1ccc(S(=O)(=O)N(C)C)cc1NC(=O)[C@@H](C)Nc1ccc2c(c1)CCC2. The van der Waals surface area contributed by atoms with Gasteiger partial charge in [0, 0.05) is 25.5 Å². The lowest BCUT2D eigenvalue weighted by molar-refractivity contribution is -0.116. The van der Waals surface area contributed by atoms with E-state index in [0.29, 0.717) is 5.69 Å². The zero-order chi connectivity index (χ0) is 20.5. The van der Waals surface area contributed by atoms with Gasteiger partial charge in [0.25, 0.3) is 0 Å². The van der Waals surface area contributed by atoms with Crippen LogP contribution in [0.2, 0.25) is 0 Å². The Morgan fingerprint density at radius 3 is 2.50 bits per heavy atom. The standard InChI is InChI=1S/C21H27N3O3S/c1-14-8-11-19(28(26,27)24(3)4)13-20(14)23-21(25)15(2)22-18-10-9-16-6-5-7-17(16)12-18/h8-13,15,22H,5-7H2,1-4H3,(H,23,25)/t15-/m1/s1. The third-order valence-corrected chi connectivity index (χ3v) is 6.93. The van der Waals surface area contributed by atoms with E-state index < -0.39 is 16.1 Å². The van der Waals surface area contributed by atoms with Crippen molar-refractivity contribution >= 4 is 27.3 Å². The highest BCUT2D eigenvalue weighted by Gasteiger charge is 2.20. The van der Waals surface area contributed by atoms with Crippen molar-refractivity contribution in [2.45, 2.75) is 44.0 Å². The molecular formula is C21H27N3O3S. The van der Waals surface area contributed by atoms with E-state index in [4.69, 9.17) is 0 Å². The van der Waals surface area contributed by atoms with E-state index in [1.807, 2.05) is 13.0 Å². The molecule has 28 heavy (non-hydrogen) atoms. The van der Waals surface area contributed by atoms with E-state index in [0.717, 1.165) is 28.4 Å². The summed E-state index contributed by atoms with van der Waals surface area (Å²) in [4.78, 5) is 12.8. The zero-order valence-corrected chi connectivity index (χ0v) is 17.6. The predicted octanol–water partition coefficient (Wildman–Crippen LogP) is 3.17. The number of carbonyl (C=O) groups excluding carboxylic acids is 1. The largest absolute Gasteiger partial charge is 0.374 e. The normalized spacial score (nSPS) is 14.6. The molecule has 0 fully saturated rings. The number of nitrogens with one attached hydrogen (secondary N) is 2. The number of rotatable bonds is 6. The van der Waals surface area contributed by atoms with E-state index >= 15 is 0 Å². The molecule has 150 valence electrons. The van der Waals surface area contributed by atoms with Gasteiger partial charge in [-0.25, -0.2) is 12.7 Å². The lowest BCUT2D eigenvalue weighted by Gasteiger charge is -2.18. The second-order valence-electron chi connectivity index (χ2n) is 7.46. The highest BCUT2D eigenvalue weighted by Crippen LogP contribution is 2.26. The van der Waals surface area contributed by atoms with Crippen LogP contribution in [0.3, 0.4) is 0 Å². The van der Waals surface area contributed by atoms with Crippen molar-refractivity contribution in [3.63, 3.8) is 0 Å². The summed E-state index contributed by atoms with van der Waals surface area (Å²) >= 11 is 0. The van der Waals surface area contributed by atoms with Crippen molar-refractivity contribution in [1.29, 1.82) is 0 Å². The molecule has 0 heterocycles. The number of amides is 1. The number of anilines is 2. The van der Waals surface area contributed by atoms with E-state index in [2.05, 4.69) is 22.8 Å². The summed E-state index contributed by atoms with van der Waals surface area (Å²) in [5, 5.41) is 6.09. The van der Waals surface area contributed by atoms with Gasteiger partial charge in [0.05, 0.1) is 4.90 Å². The minimum atomic E-state index is -3.56. The lowest BCUT2D eigenvalue weighted by Crippen LogP contribution is -2.32. The van der Waals surface area contributed by atoms with Gasteiger partial charge in [0.2, 0.25) is 15.9 Å². The van der Waals surface area contributed by atoms with Crippen molar-refractivity contribution in [3.05, 3.63) is 53.1 Å². The first-order valence-electron chi connectivity index (χ1n) is 9.41. The quantitative estimate of drug-likeness (QED) is 0.779. The fourth-order valence-electron chi connectivity index (χ4n) is 3.33. The molecule has 2 aromatic rings. The predicted molar refractivity (Wildman–Crippen MR) is 112 cm³/mol. The van der Waals surface area contributed by atoms with Crippen LogP contribution >= 0.6 is 0 Å². The lowest BCUT2D eigenvalue weighted by atomic mass is 10.1. The Balaban J connectivity index is 1.73. The number of benzene rings is 2. The fraction of sp³-hybridized carbons (Fsp3) is 0.381. The molecule has 0 radical (unpaired) electrons. The molecule has 6 nitrogen and oxygen atoms in total. The number of fused-ring (bicyclic) bond motifs is 1. The van der Waals surface area contributed by atoms with Crippen molar-refractivity contribution in [3.8, 4) is 0 Å². The highest BCUT2D eigenvalue weighted by atomic mass is 32.2. The number of carbonyl (C=O) groups is 1. The maximum atomic E-state index is 12.7. The summed E-state index contributed by atoms with van der Waals surface area (Å²) in [7, 11) is -0.596.